The summed E-state index contributed by atoms with van der Waals surface area (Å²) in [7, 11) is 0. The van der Waals surface area contributed by atoms with Crippen molar-refractivity contribution < 1.29 is 5.11 Å². The van der Waals surface area contributed by atoms with Gasteiger partial charge in [0.05, 0.1) is 6.10 Å². The molecule has 0 unspecified atom stereocenters. The fraction of sp³-hybridized carbons (Fsp3) is 0.714. The Morgan fingerprint density at radius 1 is 1.75 bits per heavy atom. The Hall–Kier alpha value is -0.300. The van der Waals surface area contributed by atoms with Crippen molar-refractivity contribution in [2.45, 2.75) is 33.3 Å². The summed E-state index contributed by atoms with van der Waals surface area (Å²) in [5.41, 5.74) is 1.06. The molecule has 0 aliphatic rings. The standard InChI is InChI=1S/C7H14O/c1-4-5-6(2)7(3)8/h5,7-8H,4H2,1-3H3/b6-5-/t7-/m0/s1. The highest BCUT2D eigenvalue weighted by molar-refractivity contribution is 5.01. The highest BCUT2D eigenvalue weighted by Crippen LogP contribution is 1.99. The zero-order chi connectivity index (χ0) is 6.57. The Labute approximate surface area is 51.0 Å². The second-order valence-corrected chi connectivity index (χ2v) is 2.03. The molecule has 1 N–H and O–H groups in total. The number of hydrogen-bond acceptors (Lipinski definition) is 1. The maximum Gasteiger partial charge on any atom is 0.0719 e. The van der Waals surface area contributed by atoms with Gasteiger partial charge in [0.2, 0.25) is 0 Å². The average Bonchev–Trinajstić information content (AvgIpc) is 1.67. The summed E-state index contributed by atoms with van der Waals surface area (Å²) in [5, 5.41) is 8.88. The third-order valence-corrected chi connectivity index (χ3v) is 1.19. The van der Waals surface area contributed by atoms with Crippen LogP contribution in [0.1, 0.15) is 27.2 Å². The van der Waals surface area contributed by atoms with E-state index >= 15 is 0 Å². The van der Waals surface area contributed by atoms with Gasteiger partial charge in [-0.2, -0.15) is 0 Å². The van der Waals surface area contributed by atoms with Crippen LogP contribution in [-0.2, 0) is 0 Å². The number of aliphatic hydroxyl groups is 1. The van der Waals surface area contributed by atoms with Gasteiger partial charge >= 0.3 is 0 Å². The molecule has 0 saturated carbocycles. The Bertz CT molecular complexity index is 82.4. The number of allylic oxidation sites excluding steroid dienone is 1. The summed E-state index contributed by atoms with van der Waals surface area (Å²) in [6.45, 7) is 5.78. The molecule has 0 aromatic carbocycles. The normalized spacial score (nSPS) is 16.2. The Morgan fingerprint density at radius 3 is 2.38 bits per heavy atom. The van der Waals surface area contributed by atoms with E-state index in [1.54, 1.807) is 6.92 Å². The van der Waals surface area contributed by atoms with E-state index in [9.17, 15) is 0 Å². The van der Waals surface area contributed by atoms with Crippen LogP contribution in [0.2, 0.25) is 0 Å². The molecular weight excluding hydrogens is 100 g/mol. The summed E-state index contributed by atoms with van der Waals surface area (Å²) in [4.78, 5) is 0. The summed E-state index contributed by atoms with van der Waals surface area (Å²) in [6, 6.07) is 0. The molecule has 0 saturated heterocycles. The van der Waals surface area contributed by atoms with Gasteiger partial charge in [-0.25, -0.2) is 0 Å². The average molecular weight is 114 g/mol. The fourth-order valence-corrected chi connectivity index (χ4v) is 0.493. The summed E-state index contributed by atoms with van der Waals surface area (Å²) >= 11 is 0. The van der Waals surface area contributed by atoms with Gasteiger partial charge < -0.3 is 5.11 Å². The van der Waals surface area contributed by atoms with Crippen molar-refractivity contribution in [2.75, 3.05) is 0 Å². The molecule has 0 spiro atoms. The van der Waals surface area contributed by atoms with E-state index in [4.69, 9.17) is 5.11 Å². The van der Waals surface area contributed by atoms with Gasteiger partial charge in [-0.05, 0) is 25.8 Å². The quantitative estimate of drug-likeness (QED) is 0.542. The lowest BCUT2D eigenvalue weighted by atomic mass is 10.2. The van der Waals surface area contributed by atoms with Crippen LogP contribution in [0.5, 0.6) is 0 Å². The Morgan fingerprint density at radius 2 is 2.25 bits per heavy atom. The fourth-order valence-electron chi connectivity index (χ4n) is 0.493. The van der Waals surface area contributed by atoms with Gasteiger partial charge in [0, 0.05) is 0 Å². The molecular formula is C7H14O. The van der Waals surface area contributed by atoms with E-state index in [0.29, 0.717) is 0 Å². The van der Waals surface area contributed by atoms with Crippen LogP contribution in [0.15, 0.2) is 11.6 Å². The van der Waals surface area contributed by atoms with E-state index in [1.807, 2.05) is 13.0 Å². The predicted octanol–water partition coefficient (Wildman–Crippen LogP) is 1.72. The van der Waals surface area contributed by atoms with Crippen molar-refractivity contribution in [3.05, 3.63) is 11.6 Å². The second-order valence-electron chi connectivity index (χ2n) is 2.03. The molecule has 0 rings (SSSR count). The molecule has 0 bridgehead atoms. The SMILES string of the molecule is CC/C=C(/C)[C@H](C)O. The first kappa shape index (κ1) is 7.70. The van der Waals surface area contributed by atoms with Crippen molar-refractivity contribution in [3.8, 4) is 0 Å². The summed E-state index contributed by atoms with van der Waals surface area (Å²) in [6.07, 6.45) is 2.77. The van der Waals surface area contributed by atoms with E-state index in [2.05, 4.69) is 6.92 Å². The molecule has 0 aliphatic carbocycles. The minimum Gasteiger partial charge on any atom is -0.389 e. The van der Waals surface area contributed by atoms with E-state index in [0.717, 1.165) is 12.0 Å². The molecule has 0 fully saturated rings. The largest absolute Gasteiger partial charge is 0.389 e. The highest BCUT2D eigenvalue weighted by atomic mass is 16.3. The minimum atomic E-state index is -0.269. The lowest BCUT2D eigenvalue weighted by molar-refractivity contribution is 0.231. The van der Waals surface area contributed by atoms with Crippen molar-refractivity contribution in [1.29, 1.82) is 0 Å². The molecule has 1 nitrogen and oxygen atoms in total. The Kier molecular flexibility index (Phi) is 3.53. The zero-order valence-corrected chi connectivity index (χ0v) is 5.81. The van der Waals surface area contributed by atoms with Gasteiger partial charge in [0.1, 0.15) is 0 Å². The first-order chi connectivity index (χ1) is 3.68. The van der Waals surface area contributed by atoms with Crippen LogP contribution >= 0.6 is 0 Å². The van der Waals surface area contributed by atoms with Crippen LogP contribution in [0.4, 0.5) is 0 Å². The molecule has 0 amide bonds. The van der Waals surface area contributed by atoms with Gasteiger partial charge in [0.15, 0.2) is 0 Å². The summed E-state index contributed by atoms with van der Waals surface area (Å²) < 4.78 is 0. The van der Waals surface area contributed by atoms with Crippen LogP contribution in [0, 0.1) is 0 Å². The first-order valence-corrected chi connectivity index (χ1v) is 3.03. The van der Waals surface area contributed by atoms with Crippen molar-refractivity contribution in [3.63, 3.8) is 0 Å². The second kappa shape index (κ2) is 3.67. The molecule has 1 heteroatoms. The zero-order valence-electron chi connectivity index (χ0n) is 5.81. The van der Waals surface area contributed by atoms with E-state index < -0.39 is 0 Å². The molecule has 0 aromatic heterocycles. The maximum atomic E-state index is 8.88. The molecule has 48 valence electrons. The lowest BCUT2D eigenvalue weighted by Gasteiger charge is -2.01. The van der Waals surface area contributed by atoms with Crippen molar-refractivity contribution in [2.24, 2.45) is 0 Å². The van der Waals surface area contributed by atoms with E-state index in [1.165, 1.54) is 0 Å². The van der Waals surface area contributed by atoms with Crippen LogP contribution in [0.25, 0.3) is 0 Å². The smallest absolute Gasteiger partial charge is 0.0719 e. The van der Waals surface area contributed by atoms with Crippen LogP contribution in [-0.4, -0.2) is 11.2 Å². The lowest BCUT2D eigenvalue weighted by Crippen LogP contribution is -1.99. The van der Waals surface area contributed by atoms with E-state index in [-0.39, 0.29) is 6.10 Å². The van der Waals surface area contributed by atoms with Gasteiger partial charge in [-0.3, -0.25) is 0 Å². The molecule has 0 aliphatic heterocycles. The highest BCUT2D eigenvalue weighted by Gasteiger charge is 1.93. The molecule has 0 radical (unpaired) electrons. The first-order valence-electron chi connectivity index (χ1n) is 3.03. The van der Waals surface area contributed by atoms with Crippen LogP contribution < -0.4 is 0 Å². The van der Waals surface area contributed by atoms with Gasteiger partial charge in [-0.15, -0.1) is 0 Å². The summed E-state index contributed by atoms with van der Waals surface area (Å²) in [5.74, 6) is 0. The number of rotatable bonds is 2. The third kappa shape index (κ3) is 2.80. The van der Waals surface area contributed by atoms with Gasteiger partial charge in [0.25, 0.3) is 0 Å². The minimum absolute atomic E-state index is 0.269. The van der Waals surface area contributed by atoms with Gasteiger partial charge in [-0.1, -0.05) is 13.0 Å². The van der Waals surface area contributed by atoms with Crippen LogP contribution in [0.3, 0.4) is 0 Å². The monoisotopic (exact) mass is 114 g/mol. The molecule has 0 aromatic rings. The topological polar surface area (TPSA) is 20.2 Å². The van der Waals surface area contributed by atoms with Crippen molar-refractivity contribution >= 4 is 0 Å². The van der Waals surface area contributed by atoms with Crippen molar-refractivity contribution in [1.82, 2.24) is 0 Å². The number of aliphatic hydroxyl groups excluding tert-OH is 1. The maximum absolute atomic E-state index is 8.88. The Balaban J connectivity index is 3.61. The number of hydrogen-bond donors (Lipinski definition) is 1. The molecule has 1 atom stereocenters. The molecule has 8 heavy (non-hydrogen) atoms. The predicted molar refractivity (Wildman–Crippen MR) is 35.7 cm³/mol. The molecule has 0 heterocycles. The third-order valence-electron chi connectivity index (χ3n) is 1.19.